The molecule has 1 heterocycles. The molecule has 0 saturated heterocycles. The first-order valence-corrected chi connectivity index (χ1v) is 7.12. The minimum Gasteiger partial charge on any atom is -0.457 e. The maximum absolute atomic E-state index is 12.1. The van der Waals surface area contributed by atoms with E-state index in [1.54, 1.807) is 12.1 Å². The lowest BCUT2D eigenvalue weighted by molar-refractivity contribution is 0.104. The van der Waals surface area contributed by atoms with E-state index >= 15 is 0 Å². The Morgan fingerprint density at radius 1 is 0.800 bits per heavy atom. The predicted octanol–water partition coefficient (Wildman–Crippen LogP) is 4.77. The summed E-state index contributed by atoms with van der Waals surface area (Å²) in [6.07, 6.45) is 0. The highest BCUT2D eigenvalue weighted by atomic mass is 32.1. The fourth-order valence-electron chi connectivity index (χ4n) is 1.85. The molecule has 3 rings (SSSR count). The Bertz CT molecular complexity index is 686. The van der Waals surface area contributed by atoms with E-state index in [0.29, 0.717) is 5.56 Å². The van der Waals surface area contributed by atoms with Gasteiger partial charge >= 0.3 is 0 Å². The molecule has 20 heavy (non-hydrogen) atoms. The zero-order valence-corrected chi connectivity index (χ0v) is 11.5. The maximum atomic E-state index is 12.1. The lowest BCUT2D eigenvalue weighted by Crippen LogP contribution is -1.97. The van der Waals surface area contributed by atoms with Gasteiger partial charge in [-0.05, 0) is 47.8 Å². The van der Waals surface area contributed by atoms with Crippen LogP contribution in [0, 0.1) is 0 Å². The van der Waals surface area contributed by atoms with Crippen molar-refractivity contribution in [2.24, 2.45) is 0 Å². The summed E-state index contributed by atoms with van der Waals surface area (Å²) in [5.41, 5.74) is 0.674. The quantitative estimate of drug-likeness (QED) is 0.643. The number of thiophene rings is 1. The number of ketones is 1. The fraction of sp³-hybridized carbons (Fsp3) is 0. The Balaban J connectivity index is 1.76. The molecule has 0 aliphatic carbocycles. The van der Waals surface area contributed by atoms with Crippen LogP contribution in [-0.4, -0.2) is 5.78 Å². The molecule has 1 aromatic heterocycles. The van der Waals surface area contributed by atoms with E-state index in [1.807, 2.05) is 60.0 Å². The number of para-hydroxylation sites is 1. The molecular formula is C17H12O2S. The molecule has 0 amide bonds. The second-order valence-corrected chi connectivity index (χ2v) is 5.19. The van der Waals surface area contributed by atoms with Crippen molar-refractivity contribution in [2.45, 2.75) is 0 Å². The van der Waals surface area contributed by atoms with Gasteiger partial charge in [-0.3, -0.25) is 4.79 Å². The second-order valence-electron chi connectivity index (χ2n) is 4.25. The van der Waals surface area contributed by atoms with Gasteiger partial charge in [-0.2, -0.15) is 0 Å². The van der Waals surface area contributed by atoms with E-state index in [-0.39, 0.29) is 5.78 Å². The van der Waals surface area contributed by atoms with Gasteiger partial charge in [0, 0.05) is 5.56 Å². The third kappa shape index (κ3) is 2.78. The first-order chi connectivity index (χ1) is 9.83. The molecule has 3 heteroatoms. The Labute approximate surface area is 121 Å². The number of hydrogen-bond donors (Lipinski definition) is 0. The van der Waals surface area contributed by atoms with Crippen molar-refractivity contribution in [3.05, 3.63) is 82.6 Å². The summed E-state index contributed by atoms with van der Waals surface area (Å²) < 4.78 is 5.70. The van der Waals surface area contributed by atoms with E-state index in [1.165, 1.54) is 11.3 Å². The van der Waals surface area contributed by atoms with Crippen molar-refractivity contribution in [3.8, 4) is 11.5 Å². The number of ether oxygens (including phenoxy) is 1. The van der Waals surface area contributed by atoms with Crippen LogP contribution in [0.1, 0.15) is 15.2 Å². The van der Waals surface area contributed by atoms with Gasteiger partial charge in [0.25, 0.3) is 0 Å². The van der Waals surface area contributed by atoms with Crippen molar-refractivity contribution >= 4 is 17.1 Å². The molecule has 0 radical (unpaired) electrons. The molecule has 98 valence electrons. The second kappa shape index (κ2) is 5.72. The number of carbonyl (C=O) groups is 1. The van der Waals surface area contributed by atoms with Gasteiger partial charge in [-0.1, -0.05) is 24.3 Å². The third-order valence-corrected chi connectivity index (χ3v) is 3.71. The first-order valence-electron chi connectivity index (χ1n) is 6.24. The van der Waals surface area contributed by atoms with Gasteiger partial charge in [0.2, 0.25) is 5.78 Å². The molecule has 0 atom stereocenters. The molecular weight excluding hydrogens is 268 g/mol. The molecule has 0 N–H and O–H groups in total. The van der Waals surface area contributed by atoms with Crippen molar-refractivity contribution in [2.75, 3.05) is 0 Å². The molecule has 0 aliphatic heterocycles. The van der Waals surface area contributed by atoms with Crippen molar-refractivity contribution in [1.29, 1.82) is 0 Å². The van der Waals surface area contributed by atoms with Crippen LogP contribution in [0.15, 0.2) is 72.1 Å². The van der Waals surface area contributed by atoms with Crippen LogP contribution >= 0.6 is 11.3 Å². The van der Waals surface area contributed by atoms with Crippen LogP contribution in [0.4, 0.5) is 0 Å². The number of rotatable bonds is 4. The summed E-state index contributed by atoms with van der Waals surface area (Å²) in [5, 5.41) is 1.90. The summed E-state index contributed by atoms with van der Waals surface area (Å²) in [6.45, 7) is 0. The summed E-state index contributed by atoms with van der Waals surface area (Å²) >= 11 is 1.45. The van der Waals surface area contributed by atoms with Gasteiger partial charge in [0.1, 0.15) is 11.5 Å². The standard InChI is InChI=1S/C17H12O2S/c18-17(16-7-4-12-20-16)13-8-10-15(11-9-13)19-14-5-2-1-3-6-14/h1-12H. The van der Waals surface area contributed by atoms with Crippen LogP contribution in [0.25, 0.3) is 0 Å². The summed E-state index contributed by atoms with van der Waals surface area (Å²) in [6, 6.07) is 20.5. The van der Waals surface area contributed by atoms with E-state index in [2.05, 4.69) is 0 Å². The van der Waals surface area contributed by atoms with E-state index in [4.69, 9.17) is 4.74 Å². The highest BCUT2D eigenvalue weighted by molar-refractivity contribution is 7.12. The molecule has 0 saturated carbocycles. The highest BCUT2D eigenvalue weighted by Crippen LogP contribution is 2.22. The Morgan fingerprint density at radius 3 is 2.15 bits per heavy atom. The lowest BCUT2D eigenvalue weighted by Gasteiger charge is -2.06. The van der Waals surface area contributed by atoms with Gasteiger partial charge in [0.15, 0.2) is 0 Å². The van der Waals surface area contributed by atoms with E-state index in [9.17, 15) is 4.79 Å². The van der Waals surface area contributed by atoms with Gasteiger partial charge in [0.05, 0.1) is 4.88 Å². The normalized spacial score (nSPS) is 10.2. The smallest absolute Gasteiger partial charge is 0.202 e. The van der Waals surface area contributed by atoms with Crippen LogP contribution in [0.3, 0.4) is 0 Å². The lowest BCUT2D eigenvalue weighted by atomic mass is 10.1. The average Bonchev–Trinajstić information content (AvgIpc) is 3.03. The summed E-state index contributed by atoms with van der Waals surface area (Å²) in [4.78, 5) is 12.9. The number of hydrogen-bond acceptors (Lipinski definition) is 3. The van der Waals surface area contributed by atoms with Crippen LogP contribution < -0.4 is 4.74 Å². The Kier molecular flexibility index (Phi) is 3.61. The van der Waals surface area contributed by atoms with Crippen molar-refractivity contribution in [3.63, 3.8) is 0 Å². The number of carbonyl (C=O) groups excluding carboxylic acids is 1. The largest absolute Gasteiger partial charge is 0.457 e. The molecule has 0 spiro atoms. The van der Waals surface area contributed by atoms with Gasteiger partial charge in [-0.25, -0.2) is 0 Å². The molecule has 3 aromatic rings. The minimum atomic E-state index is 0.0475. The maximum Gasteiger partial charge on any atom is 0.202 e. The Hall–Kier alpha value is -2.39. The van der Waals surface area contributed by atoms with Crippen LogP contribution in [0.5, 0.6) is 11.5 Å². The zero-order chi connectivity index (χ0) is 13.8. The van der Waals surface area contributed by atoms with Crippen LogP contribution in [-0.2, 0) is 0 Å². The minimum absolute atomic E-state index is 0.0475. The molecule has 0 fully saturated rings. The molecule has 2 nitrogen and oxygen atoms in total. The van der Waals surface area contributed by atoms with E-state index in [0.717, 1.165) is 16.4 Å². The summed E-state index contributed by atoms with van der Waals surface area (Å²) in [5.74, 6) is 1.55. The monoisotopic (exact) mass is 280 g/mol. The molecule has 2 aromatic carbocycles. The summed E-state index contributed by atoms with van der Waals surface area (Å²) in [7, 11) is 0. The molecule has 0 unspecified atom stereocenters. The van der Waals surface area contributed by atoms with Crippen molar-refractivity contribution < 1.29 is 9.53 Å². The van der Waals surface area contributed by atoms with Crippen LogP contribution in [0.2, 0.25) is 0 Å². The van der Waals surface area contributed by atoms with E-state index < -0.39 is 0 Å². The first kappa shape index (κ1) is 12.6. The zero-order valence-electron chi connectivity index (χ0n) is 10.7. The van der Waals surface area contributed by atoms with Crippen molar-refractivity contribution in [1.82, 2.24) is 0 Å². The Morgan fingerprint density at radius 2 is 1.50 bits per heavy atom. The molecule has 0 bridgehead atoms. The highest BCUT2D eigenvalue weighted by Gasteiger charge is 2.09. The third-order valence-electron chi connectivity index (χ3n) is 2.84. The topological polar surface area (TPSA) is 26.3 Å². The average molecular weight is 280 g/mol. The number of benzene rings is 2. The fourth-order valence-corrected chi connectivity index (χ4v) is 2.53. The predicted molar refractivity (Wildman–Crippen MR) is 80.7 cm³/mol. The van der Waals surface area contributed by atoms with Gasteiger partial charge in [-0.15, -0.1) is 11.3 Å². The molecule has 0 aliphatic rings. The SMILES string of the molecule is O=C(c1ccc(Oc2ccccc2)cc1)c1cccs1. The van der Waals surface area contributed by atoms with Gasteiger partial charge < -0.3 is 4.74 Å².